The summed E-state index contributed by atoms with van der Waals surface area (Å²) in [4.78, 5) is 32.2. The lowest BCUT2D eigenvalue weighted by Crippen LogP contribution is -2.46. The van der Waals surface area contributed by atoms with Gasteiger partial charge in [-0.15, -0.1) is 0 Å². The number of carbonyl (C=O) groups excluding carboxylic acids is 2. The van der Waals surface area contributed by atoms with Crippen molar-refractivity contribution in [3.05, 3.63) is 109 Å². The Morgan fingerprint density at radius 3 is 2.12 bits per heavy atom. The molecule has 2 amide bonds. The second-order valence-electron chi connectivity index (χ2n) is 12.1. The van der Waals surface area contributed by atoms with Gasteiger partial charge in [0.05, 0.1) is 17.1 Å². The van der Waals surface area contributed by atoms with Gasteiger partial charge >= 0.3 is 0 Å². The molecule has 3 N–H and O–H groups in total. The fourth-order valence-electron chi connectivity index (χ4n) is 6.24. The van der Waals surface area contributed by atoms with Gasteiger partial charge < -0.3 is 20.4 Å². The quantitative estimate of drug-likeness (QED) is 0.166. The zero-order chi connectivity index (χ0) is 33.3. The highest BCUT2D eigenvalue weighted by molar-refractivity contribution is 7.99. The average molecular weight is 684 g/mol. The molecule has 0 spiro atoms. The smallest absolute Gasteiger partial charge is 0.261 e. The number of para-hydroxylation sites is 1. The Balaban J connectivity index is 0.968. The SMILES string of the molecule is O=C(CNC(=O)c1ccc(S(=O)(=O)Nc2ccccc2Sc2ccccc2)cc1)Nc1ccc(N2CCC(N3CCCCC3)CC2)cc1. The van der Waals surface area contributed by atoms with E-state index in [0.29, 0.717) is 17.4 Å². The highest BCUT2D eigenvalue weighted by Gasteiger charge is 2.25. The van der Waals surface area contributed by atoms with Crippen molar-refractivity contribution in [1.29, 1.82) is 0 Å². The number of anilines is 3. The van der Waals surface area contributed by atoms with E-state index in [-0.39, 0.29) is 22.9 Å². The summed E-state index contributed by atoms with van der Waals surface area (Å²) in [5.41, 5.74) is 2.51. The van der Waals surface area contributed by atoms with Crippen LogP contribution in [0.25, 0.3) is 0 Å². The number of piperidine rings is 2. The van der Waals surface area contributed by atoms with Gasteiger partial charge in [0.1, 0.15) is 0 Å². The molecule has 4 aromatic carbocycles. The molecule has 4 aromatic rings. The van der Waals surface area contributed by atoms with E-state index in [9.17, 15) is 18.0 Å². The normalized spacial score (nSPS) is 15.9. The molecule has 0 aromatic heterocycles. The number of likely N-dealkylation sites (tertiary alicyclic amines) is 1. The summed E-state index contributed by atoms with van der Waals surface area (Å²) in [6, 6.07) is 31.0. The van der Waals surface area contributed by atoms with Gasteiger partial charge in [-0.1, -0.05) is 48.5 Å². The van der Waals surface area contributed by atoms with Gasteiger partial charge in [0.2, 0.25) is 5.91 Å². The van der Waals surface area contributed by atoms with Gasteiger partial charge in [-0.3, -0.25) is 14.3 Å². The Morgan fingerprint density at radius 1 is 0.750 bits per heavy atom. The first-order chi connectivity index (χ1) is 23.3. The minimum Gasteiger partial charge on any atom is -0.371 e. The van der Waals surface area contributed by atoms with Crippen LogP contribution in [0.3, 0.4) is 0 Å². The molecular weight excluding hydrogens is 643 g/mol. The molecule has 2 fully saturated rings. The second-order valence-corrected chi connectivity index (χ2v) is 14.9. The fourth-order valence-corrected chi connectivity index (χ4v) is 8.31. The minimum atomic E-state index is -3.91. The van der Waals surface area contributed by atoms with Crippen molar-refractivity contribution in [2.24, 2.45) is 0 Å². The highest BCUT2D eigenvalue weighted by atomic mass is 32.2. The van der Waals surface area contributed by atoms with Crippen molar-refractivity contribution in [3.63, 3.8) is 0 Å². The molecule has 9 nitrogen and oxygen atoms in total. The topological polar surface area (TPSA) is 111 Å². The van der Waals surface area contributed by atoms with Gasteiger partial charge in [0, 0.05) is 45.9 Å². The van der Waals surface area contributed by atoms with E-state index in [4.69, 9.17) is 0 Å². The number of nitrogens with one attached hydrogen (secondary N) is 3. The van der Waals surface area contributed by atoms with Gasteiger partial charge in [-0.05, 0) is 112 Å². The molecular formula is C37H41N5O4S2. The Bertz CT molecular complexity index is 1790. The van der Waals surface area contributed by atoms with Gasteiger partial charge in [-0.25, -0.2) is 8.42 Å². The maximum Gasteiger partial charge on any atom is 0.261 e. The van der Waals surface area contributed by atoms with Crippen molar-refractivity contribution >= 4 is 50.7 Å². The van der Waals surface area contributed by atoms with Gasteiger partial charge in [0.15, 0.2) is 0 Å². The summed E-state index contributed by atoms with van der Waals surface area (Å²) >= 11 is 1.46. The van der Waals surface area contributed by atoms with E-state index >= 15 is 0 Å². The van der Waals surface area contributed by atoms with Crippen LogP contribution in [0.4, 0.5) is 17.1 Å². The van der Waals surface area contributed by atoms with Crippen LogP contribution in [0.5, 0.6) is 0 Å². The van der Waals surface area contributed by atoms with Gasteiger partial charge in [-0.2, -0.15) is 0 Å². The lowest BCUT2D eigenvalue weighted by molar-refractivity contribution is -0.115. The number of amides is 2. The molecule has 2 aliphatic rings. The monoisotopic (exact) mass is 683 g/mol. The summed E-state index contributed by atoms with van der Waals surface area (Å²) in [7, 11) is -3.91. The molecule has 2 saturated heterocycles. The fraction of sp³-hybridized carbons (Fsp3) is 0.297. The van der Waals surface area contributed by atoms with Crippen LogP contribution in [0, 0.1) is 0 Å². The van der Waals surface area contributed by atoms with Crippen molar-refractivity contribution in [2.75, 3.05) is 47.7 Å². The van der Waals surface area contributed by atoms with E-state index in [1.165, 1.54) is 81.2 Å². The molecule has 250 valence electrons. The Kier molecular flexibility index (Phi) is 11.0. The first-order valence-corrected chi connectivity index (χ1v) is 18.8. The van der Waals surface area contributed by atoms with Crippen LogP contribution in [-0.2, 0) is 14.8 Å². The summed E-state index contributed by atoms with van der Waals surface area (Å²) in [6.07, 6.45) is 6.35. The summed E-state index contributed by atoms with van der Waals surface area (Å²) in [5, 5.41) is 5.44. The number of hydrogen-bond donors (Lipinski definition) is 3. The van der Waals surface area contributed by atoms with E-state index in [1.807, 2.05) is 66.7 Å². The van der Waals surface area contributed by atoms with Crippen LogP contribution >= 0.6 is 11.8 Å². The van der Waals surface area contributed by atoms with Crippen LogP contribution in [0.15, 0.2) is 118 Å². The summed E-state index contributed by atoms with van der Waals surface area (Å²) in [5.74, 6) is -0.830. The Morgan fingerprint density at radius 2 is 1.42 bits per heavy atom. The van der Waals surface area contributed by atoms with Crippen LogP contribution < -0.4 is 20.3 Å². The molecule has 0 unspecified atom stereocenters. The van der Waals surface area contributed by atoms with E-state index in [0.717, 1.165) is 28.6 Å². The number of hydrogen-bond acceptors (Lipinski definition) is 7. The molecule has 0 aliphatic carbocycles. The number of sulfonamides is 1. The molecule has 48 heavy (non-hydrogen) atoms. The number of rotatable bonds is 11. The summed E-state index contributed by atoms with van der Waals surface area (Å²) in [6.45, 7) is 4.31. The zero-order valence-corrected chi connectivity index (χ0v) is 28.4. The maximum atomic E-state index is 13.2. The predicted molar refractivity (Wildman–Crippen MR) is 192 cm³/mol. The lowest BCUT2D eigenvalue weighted by Gasteiger charge is -2.41. The van der Waals surface area contributed by atoms with Gasteiger partial charge in [0.25, 0.3) is 15.9 Å². The lowest BCUT2D eigenvalue weighted by atomic mass is 9.99. The van der Waals surface area contributed by atoms with E-state index < -0.39 is 15.9 Å². The number of nitrogens with zero attached hydrogens (tertiary/aromatic N) is 2. The first kappa shape index (κ1) is 33.6. The number of benzene rings is 4. The van der Waals surface area contributed by atoms with Crippen LogP contribution in [0.1, 0.15) is 42.5 Å². The van der Waals surface area contributed by atoms with Crippen molar-refractivity contribution in [2.45, 2.75) is 52.8 Å². The third kappa shape index (κ3) is 8.77. The van der Waals surface area contributed by atoms with E-state index in [2.05, 4.69) is 25.2 Å². The minimum absolute atomic E-state index is 0.0196. The molecule has 2 aliphatic heterocycles. The molecule has 6 rings (SSSR count). The predicted octanol–water partition coefficient (Wildman–Crippen LogP) is 6.46. The first-order valence-electron chi connectivity index (χ1n) is 16.5. The van der Waals surface area contributed by atoms with Crippen LogP contribution in [-0.4, -0.2) is 63.9 Å². The van der Waals surface area contributed by atoms with Crippen LogP contribution in [0.2, 0.25) is 0 Å². The van der Waals surface area contributed by atoms with Crippen molar-refractivity contribution in [1.82, 2.24) is 10.2 Å². The highest BCUT2D eigenvalue weighted by Crippen LogP contribution is 2.34. The summed E-state index contributed by atoms with van der Waals surface area (Å²) < 4.78 is 29.0. The largest absolute Gasteiger partial charge is 0.371 e. The third-order valence-electron chi connectivity index (χ3n) is 8.83. The maximum absolute atomic E-state index is 13.2. The molecule has 11 heteroatoms. The average Bonchev–Trinajstić information content (AvgIpc) is 3.12. The molecule has 0 saturated carbocycles. The second kappa shape index (κ2) is 15.7. The Hall–Kier alpha value is -4.32. The number of carbonyl (C=O) groups is 2. The molecule has 0 radical (unpaired) electrons. The molecule has 0 atom stereocenters. The Labute approximate surface area is 287 Å². The standard InChI is InChI=1S/C37H41N5O4S2/c43-36(39-29-15-17-30(18-16-29)42-25-21-31(22-26-42)41-23-7-2-8-24-41)27-38-37(44)28-13-19-33(20-14-28)48(45,46)40-34-11-5-6-12-35(34)47-32-9-3-1-4-10-32/h1,3-6,9-20,31,40H,2,7-8,21-27H2,(H,38,44)(H,39,43). The van der Waals surface area contributed by atoms with Crippen molar-refractivity contribution < 1.29 is 18.0 Å². The van der Waals surface area contributed by atoms with E-state index in [1.54, 1.807) is 12.1 Å². The molecule has 2 heterocycles. The van der Waals surface area contributed by atoms with Crippen molar-refractivity contribution in [3.8, 4) is 0 Å². The molecule has 0 bridgehead atoms. The third-order valence-corrected chi connectivity index (χ3v) is 11.3. The zero-order valence-electron chi connectivity index (χ0n) is 26.8.